The molecule has 0 fully saturated rings. The maximum atomic E-state index is 12.2. The first-order valence-corrected chi connectivity index (χ1v) is 9.76. The van der Waals surface area contributed by atoms with Gasteiger partial charge in [-0.15, -0.1) is 11.3 Å². The van der Waals surface area contributed by atoms with E-state index >= 15 is 0 Å². The van der Waals surface area contributed by atoms with Gasteiger partial charge in [-0.05, 0) is 42.8 Å². The summed E-state index contributed by atoms with van der Waals surface area (Å²) in [6.45, 7) is 2.37. The molecule has 1 N–H and O–H groups in total. The van der Waals surface area contributed by atoms with Gasteiger partial charge in [-0.2, -0.15) is 0 Å². The minimum Gasteiger partial charge on any atom is -0.497 e. The number of anilines is 1. The Labute approximate surface area is 172 Å². The molecule has 5 nitrogen and oxygen atoms in total. The Morgan fingerprint density at radius 2 is 2.11 bits per heavy atom. The van der Waals surface area contributed by atoms with Crippen LogP contribution in [0.5, 0.6) is 11.5 Å². The van der Waals surface area contributed by atoms with E-state index in [1.54, 1.807) is 42.7 Å². The Morgan fingerprint density at radius 3 is 2.82 bits per heavy atom. The van der Waals surface area contributed by atoms with E-state index in [1.807, 2.05) is 36.6 Å². The molecule has 3 rings (SSSR count). The summed E-state index contributed by atoms with van der Waals surface area (Å²) in [5, 5.41) is 6.15. The summed E-state index contributed by atoms with van der Waals surface area (Å²) >= 11 is 7.73. The second kappa shape index (κ2) is 9.39. The second-order valence-corrected chi connectivity index (χ2v) is 7.36. The largest absolute Gasteiger partial charge is 0.497 e. The molecule has 28 heavy (non-hydrogen) atoms. The number of amides is 1. The van der Waals surface area contributed by atoms with Gasteiger partial charge >= 0.3 is 0 Å². The number of methoxy groups -OCH3 is 1. The van der Waals surface area contributed by atoms with Crippen molar-refractivity contribution in [3.05, 3.63) is 75.2 Å². The van der Waals surface area contributed by atoms with Gasteiger partial charge in [0.2, 0.25) is 5.91 Å². The van der Waals surface area contributed by atoms with E-state index in [2.05, 4.69) is 10.3 Å². The van der Waals surface area contributed by atoms with Gasteiger partial charge in [-0.1, -0.05) is 23.7 Å². The highest BCUT2D eigenvalue weighted by atomic mass is 35.5. The van der Waals surface area contributed by atoms with Crippen LogP contribution in [0.2, 0.25) is 5.02 Å². The normalized spacial score (nSPS) is 10.8. The van der Waals surface area contributed by atoms with Gasteiger partial charge in [-0.3, -0.25) is 4.79 Å². The molecule has 0 aliphatic rings. The third-order valence-corrected chi connectivity index (χ3v) is 4.91. The monoisotopic (exact) mass is 414 g/mol. The van der Waals surface area contributed by atoms with Crippen molar-refractivity contribution in [1.29, 1.82) is 0 Å². The number of hydrogen-bond donors (Lipinski definition) is 1. The zero-order chi connectivity index (χ0) is 19.9. The Bertz CT molecular complexity index is 1000. The molecular weight excluding hydrogens is 396 g/mol. The minimum absolute atomic E-state index is 0.281. The Balaban J connectivity index is 1.59. The quantitative estimate of drug-likeness (QED) is 0.530. The molecule has 1 amide bonds. The standard InChI is InChI=1S/C21H19ClN2O3S/c1-14-23-16(13-28-14)12-27-18-5-3-4-15(10-18)6-9-21(25)24-20-8-7-17(26-2)11-19(20)22/h3-11,13H,12H2,1-2H3,(H,24,25)/b9-6+. The van der Waals surface area contributed by atoms with Crippen LogP contribution in [-0.2, 0) is 11.4 Å². The molecule has 0 saturated heterocycles. The summed E-state index contributed by atoms with van der Waals surface area (Å²) in [6, 6.07) is 12.6. The number of benzene rings is 2. The van der Waals surface area contributed by atoms with E-state index in [4.69, 9.17) is 21.1 Å². The van der Waals surface area contributed by atoms with Gasteiger partial charge in [0.1, 0.15) is 18.1 Å². The Morgan fingerprint density at radius 1 is 1.25 bits per heavy atom. The van der Waals surface area contributed by atoms with Crippen molar-refractivity contribution in [3.63, 3.8) is 0 Å². The Kier molecular flexibility index (Phi) is 6.68. The number of aromatic nitrogens is 1. The molecule has 0 spiro atoms. The fourth-order valence-electron chi connectivity index (χ4n) is 2.41. The molecule has 0 aliphatic heterocycles. The van der Waals surface area contributed by atoms with Crippen LogP contribution in [0, 0.1) is 6.92 Å². The maximum absolute atomic E-state index is 12.2. The van der Waals surface area contributed by atoms with Crippen LogP contribution in [0.3, 0.4) is 0 Å². The number of halogens is 1. The number of carbonyl (C=O) groups is 1. The number of carbonyl (C=O) groups excluding carboxylic acids is 1. The average Bonchev–Trinajstić information content (AvgIpc) is 3.12. The molecule has 144 valence electrons. The summed E-state index contributed by atoms with van der Waals surface area (Å²) < 4.78 is 10.9. The number of rotatable bonds is 7. The number of ether oxygens (including phenoxy) is 2. The van der Waals surface area contributed by atoms with Gasteiger partial charge in [-0.25, -0.2) is 4.98 Å². The summed E-state index contributed by atoms with van der Waals surface area (Å²) in [6.07, 6.45) is 3.16. The van der Waals surface area contributed by atoms with Crippen LogP contribution in [-0.4, -0.2) is 18.0 Å². The van der Waals surface area contributed by atoms with Crippen LogP contribution in [0.15, 0.2) is 53.9 Å². The number of nitrogens with one attached hydrogen (secondary N) is 1. The molecule has 0 bridgehead atoms. The fraction of sp³-hybridized carbons (Fsp3) is 0.143. The molecule has 0 unspecified atom stereocenters. The third kappa shape index (κ3) is 5.58. The van der Waals surface area contributed by atoms with Gasteiger partial charge in [0.15, 0.2) is 0 Å². The van der Waals surface area contributed by atoms with Crippen LogP contribution < -0.4 is 14.8 Å². The number of thiazole rings is 1. The van der Waals surface area contributed by atoms with E-state index in [1.165, 1.54) is 6.08 Å². The van der Waals surface area contributed by atoms with E-state index in [-0.39, 0.29) is 5.91 Å². The highest BCUT2D eigenvalue weighted by molar-refractivity contribution is 7.09. The van der Waals surface area contributed by atoms with Crippen molar-refractivity contribution in [3.8, 4) is 11.5 Å². The highest BCUT2D eigenvalue weighted by Crippen LogP contribution is 2.26. The molecule has 0 saturated carbocycles. The van der Waals surface area contributed by atoms with Crippen molar-refractivity contribution in [2.45, 2.75) is 13.5 Å². The maximum Gasteiger partial charge on any atom is 0.248 e. The summed E-state index contributed by atoms with van der Waals surface area (Å²) in [7, 11) is 1.56. The van der Waals surface area contributed by atoms with E-state index in [0.29, 0.717) is 28.8 Å². The fourth-order valence-corrected chi connectivity index (χ4v) is 3.23. The lowest BCUT2D eigenvalue weighted by Gasteiger charge is -2.07. The van der Waals surface area contributed by atoms with Gasteiger partial charge in [0.05, 0.1) is 28.5 Å². The van der Waals surface area contributed by atoms with Crippen LogP contribution >= 0.6 is 22.9 Å². The SMILES string of the molecule is COc1ccc(NC(=O)/C=C/c2cccc(OCc3csc(C)n3)c2)c(Cl)c1. The number of aryl methyl sites for hydroxylation is 1. The van der Waals surface area contributed by atoms with Crippen LogP contribution in [0.25, 0.3) is 6.08 Å². The molecule has 1 aromatic heterocycles. The predicted octanol–water partition coefficient (Wildman–Crippen LogP) is 5.34. The van der Waals surface area contributed by atoms with Crippen LogP contribution in [0.4, 0.5) is 5.69 Å². The van der Waals surface area contributed by atoms with E-state index < -0.39 is 0 Å². The number of hydrogen-bond acceptors (Lipinski definition) is 5. The highest BCUT2D eigenvalue weighted by Gasteiger charge is 2.05. The summed E-state index contributed by atoms with van der Waals surface area (Å²) in [5.41, 5.74) is 2.27. The Hall–Kier alpha value is -2.83. The summed E-state index contributed by atoms with van der Waals surface area (Å²) in [4.78, 5) is 16.5. The van der Waals surface area contributed by atoms with Gasteiger partial charge in [0.25, 0.3) is 0 Å². The van der Waals surface area contributed by atoms with Crippen molar-refractivity contribution in [1.82, 2.24) is 4.98 Å². The average molecular weight is 415 g/mol. The van der Waals surface area contributed by atoms with Gasteiger partial charge < -0.3 is 14.8 Å². The zero-order valence-electron chi connectivity index (χ0n) is 15.4. The number of nitrogens with zero attached hydrogens (tertiary/aromatic N) is 1. The molecule has 3 aromatic rings. The van der Waals surface area contributed by atoms with Gasteiger partial charge in [0, 0.05) is 17.5 Å². The third-order valence-electron chi connectivity index (χ3n) is 3.77. The molecule has 0 radical (unpaired) electrons. The van der Waals surface area contributed by atoms with Crippen molar-refractivity contribution < 1.29 is 14.3 Å². The van der Waals surface area contributed by atoms with E-state index in [0.717, 1.165) is 16.3 Å². The topological polar surface area (TPSA) is 60.5 Å². The first-order chi connectivity index (χ1) is 13.5. The molecule has 1 heterocycles. The lowest BCUT2D eigenvalue weighted by molar-refractivity contribution is -0.111. The first-order valence-electron chi connectivity index (χ1n) is 8.50. The molecule has 2 aromatic carbocycles. The predicted molar refractivity (Wildman–Crippen MR) is 113 cm³/mol. The van der Waals surface area contributed by atoms with Crippen molar-refractivity contribution in [2.24, 2.45) is 0 Å². The molecular formula is C21H19ClN2O3S. The van der Waals surface area contributed by atoms with Crippen molar-refractivity contribution in [2.75, 3.05) is 12.4 Å². The zero-order valence-corrected chi connectivity index (χ0v) is 17.0. The molecule has 7 heteroatoms. The second-order valence-electron chi connectivity index (χ2n) is 5.89. The minimum atomic E-state index is -0.281. The smallest absolute Gasteiger partial charge is 0.248 e. The summed E-state index contributed by atoms with van der Waals surface area (Å²) in [5.74, 6) is 1.06. The first kappa shape index (κ1) is 19.9. The van der Waals surface area contributed by atoms with Crippen molar-refractivity contribution >= 4 is 40.6 Å². The lowest BCUT2D eigenvalue weighted by Crippen LogP contribution is -2.08. The van der Waals surface area contributed by atoms with Crippen LogP contribution in [0.1, 0.15) is 16.3 Å². The molecule has 0 aliphatic carbocycles. The van der Waals surface area contributed by atoms with E-state index in [9.17, 15) is 4.79 Å². The lowest BCUT2D eigenvalue weighted by atomic mass is 10.2. The molecule has 0 atom stereocenters.